The molecule has 0 amide bonds. The van der Waals surface area contributed by atoms with E-state index in [1.807, 2.05) is 332 Å². The van der Waals surface area contributed by atoms with Gasteiger partial charge in [0.2, 0.25) is 0 Å². The Labute approximate surface area is 838 Å². The van der Waals surface area contributed by atoms with Crippen molar-refractivity contribution in [2.24, 2.45) is 0 Å². The number of thioether (sulfide) groups is 12. The molecule has 12 atom stereocenters. The lowest BCUT2D eigenvalue weighted by Gasteiger charge is -2.45. The highest BCUT2D eigenvalue weighted by molar-refractivity contribution is 8.24. The van der Waals surface area contributed by atoms with Gasteiger partial charge >= 0.3 is 17.9 Å². The van der Waals surface area contributed by atoms with Crippen LogP contribution in [-0.2, 0) is 62.4 Å². The number of aromatic carboxylic acids is 3. The molecule has 0 bridgehead atoms. The average molecular weight is 2050 g/mol. The largest absolute Gasteiger partial charge is 0.478 e. The van der Waals surface area contributed by atoms with Gasteiger partial charge in [-0.15, -0.1) is 141 Å². The maximum atomic E-state index is 18.9. The van der Waals surface area contributed by atoms with E-state index in [9.17, 15) is 15.3 Å². The number of carboxylic acids is 3. The Balaban J connectivity index is 1.82. The molecule has 0 saturated heterocycles. The first-order valence-corrected chi connectivity index (χ1v) is 55.9. The quantitative estimate of drug-likeness (QED) is 0.0453. The highest BCUT2D eigenvalue weighted by Gasteiger charge is 2.69. The monoisotopic (exact) mass is 2050 g/mol. The van der Waals surface area contributed by atoms with Gasteiger partial charge in [-0.3, -0.25) is 0 Å². The van der Waals surface area contributed by atoms with Crippen molar-refractivity contribution in [1.82, 2.24) is 0 Å². The number of carbonyl (C=O) groups is 3. The molecule has 0 fully saturated rings. The van der Waals surface area contributed by atoms with Crippen molar-refractivity contribution in [2.45, 2.75) is 562 Å². The van der Waals surface area contributed by atoms with E-state index in [-0.39, 0.29) is 33.4 Å². The SMILES string of the molecule is CC(OC(C)(C)C)C1(C(C)OC(C)(C)C)Sc2c(c(C(O)(c3c4c(c(C(=O)O)c5c3SC(C(C)OC(C)(C)C)(C(C)OC(C)(C)C)S5)SC(C(C)OC(C)(C)C)(C(C)OC(C)(C)C)S4)c3c4c(c(C(=O)O)c5c3SC(C(C)OC(C)(C)C)(C(C)OC(C)(C)C)S5)SC(C(C)OC(C)(C)C)(C(C)OC(C)(C)C)S4)c3c(c2C(=O)O)SC(C(C)OC(C)(C)C)(C(C)OC(C)(C)C)S3)S1. The van der Waals surface area contributed by atoms with Crippen LogP contribution in [0.15, 0.2) is 58.7 Å². The fraction of sp³-hybridized carbons (Fsp3) is 0.790. The van der Waals surface area contributed by atoms with Gasteiger partial charge in [-0.05, 0) is 332 Å². The summed E-state index contributed by atoms with van der Waals surface area (Å²) in [5, 5.41) is 58.4. The summed E-state index contributed by atoms with van der Waals surface area (Å²) in [6.45, 7) is 96.4. The summed E-state index contributed by atoms with van der Waals surface area (Å²) in [6.07, 6.45) is -9.55. The van der Waals surface area contributed by atoms with E-state index in [1.54, 1.807) is 0 Å². The molecule has 0 aromatic heterocycles. The molecule has 19 nitrogen and oxygen atoms in total. The summed E-state index contributed by atoms with van der Waals surface area (Å²) in [5.74, 6) is -3.73. The zero-order valence-electron chi connectivity index (χ0n) is 87.7. The van der Waals surface area contributed by atoms with Crippen molar-refractivity contribution in [3.63, 3.8) is 0 Å². The Morgan fingerprint density at radius 2 is 0.275 bits per heavy atom. The number of benzene rings is 3. The second kappa shape index (κ2) is 38.4. The molecular formula is C100H160O19S12. The Morgan fingerprint density at radius 3 is 0.351 bits per heavy atom. The Bertz CT molecular complexity index is 3880. The van der Waals surface area contributed by atoms with Gasteiger partial charge in [-0.2, -0.15) is 0 Å². The lowest BCUT2D eigenvalue weighted by molar-refractivity contribution is -0.104. The lowest BCUT2D eigenvalue weighted by atomic mass is 9.78. The van der Waals surface area contributed by atoms with Crippen LogP contribution in [0.1, 0.15) is 380 Å². The van der Waals surface area contributed by atoms with Gasteiger partial charge < -0.3 is 77.3 Å². The van der Waals surface area contributed by atoms with Gasteiger partial charge in [-0.25, -0.2) is 14.4 Å². The molecule has 3 aromatic rings. The first-order chi connectivity index (χ1) is 58.5. The first kappa shape index (κ1) is 114. The molecule has 6 heterocycles. The average Bonchev–Trinajstić information content (AvgIpc) is 1.50. The first-order valence-electron chi connectivity index (χ1n) is 46.1. The Kier molecular flexibility index (Phi) is 33.5. The van der Waals surface area contributed by atoms with Gasteiger partial charge in [0.05, 0.1) is 157 Å². The highest BCUT2D eigenvalue weighted by Crippen LogP contribution is 2.80. The number of hydrogen-bond donors (Lipinski definition) is 4. The van der Waals surface area contributed by atoms with Crippen LogP contribution in [0.3, 0.4) is 0 Å². The maximum Gasteiger partial charge on any atom is 0.338 e. The van der Waals surface area contributed by atoms with Crippen molar-refractivity contribution in [3.05, 3.63) is 33.4 Å². The third kappa shape index (κ3) is 24.5. The second-order valence-electron chi connectivity index (χ2n) is 47.8. The predicted molar refractivity (Wildman–Crippen MR) is 553 cm³/mol. The molecule has 0 saturated carbocycles. The van der Waals surface area contributed by atoms with Gasteiger partial charge in [0.25, 0.3) is 0 Å². The number of rotatable bonds is 30. The van der Waals surface area contributed by atoms with Gasteiger partial charge in [0, 0.05) is 75.4 Å². The normalized spacial score (nSPS) is 26.3. The molecule has 0 radical (unpaired) electrons. The molecule has 31 heteroatoms. The minimum atomic E-state index is -2.87. The van der Waals surface area contributed by atoms with Crippen LogP contribution in [0, 0.1) is 0 Å². The topological polar surface area (TPSA) is 243 Å². The van der Waals surface area contributed by atoms with Crippen LogP contribution in [0.25, 0.3) is 0 Å². The van der Waals surface area contributed by atoms with Gasteiger partial charge in [0.1, 0.15) is 30.1 Å². The van der Waals surface area contributed by atoms with E-state index in [0.717, 1.165) is 0 Å². The molecule has 3 aromatic carbocycles. The molecule has 4 N–H and O–H groups in total. The predicted octanol–water partition coefficient (Wildman–Crippen LogP) is 28.9. The van der Waals surface area contributed by atoms with Crippen LogP contribution in [0.2, 0.25) is 0 Å². The van der Waals surface area contributed by atoms with Crippen molar-refractivity contribution in [3.8, 4) is 0 Å². The second-order valence-corrected chi connectivity index (χ2v) is 64.9. The lowest BCUT2D eigenvalue weighted by Crippen LogP contribution is -2.50. The van der Waals surface area contributed by atoms with Crippen LogP contribution in [0.4, 0.5) is 0 Å². The van der Waals surface area contributed by atoms with Gasteiger partial charge in [-0.1, -0.05) is 0 Å². The molecule has 6 aliphatic rings. The number of aliphatic hydroxyl groups is 1. The number of ether oxygens (including phenoxy) is 12. The fourth-order valence-corrected chi connectivity index (χ4v) is 39.5. The number of hydrogen-bond acceptors (Lipinski definition) is 28. The van der Waals surface area contributed by atoms with E-state index in [4.69, 9.17) is 56.8 Å². The van der Waals surface area contributed by atoms with Crippen LogP contribution < -0.4 is 0 Å². The molecule has 746 valence electrons. The van der Waals surface area contributed by atoms with E-state index >= 15 is 19.5 Å². The minimum absolute atomic E-state index is 0.0314. The molecule has 0 spiro atoms. The van der Waals surface area contributed by atoms with Crippen molar-refractivity contribution in [1.29, 1.82) is 0 Å². The van der Waals surface area contributed by atoms with E-state index in [1.165, 1.54) is 141 Å². The highest BCUT2D eigenvalue weighted by atomic mass is 32.2. The maximum absolute atomic E-state index is 18.9. The smallest absolute Gasteiger partial charge is 0.338 e. The summed E-state index contributed by atoms with van der Waals surface area (Å²) in [6, 6.07) is 0. The Hall–Kier alpha value is -0.250. The zero-order chi connectivity index (χ0) is 101. The van der Waals surface area contributed by atoms with E-state index < -0.39 is 188 Å². The summed E-state index contributed by atoms with van der Waals surface area (Å²) in [7, 11) is 0. The summed E-state index contributed by atoms with van der Waals surface area (Å²) in [4.78, 5) is 52.6. The van der Waals surface area contributed by atoms with Crippen molar-refractivity contribution >= 4 is 159 Å². The van der Waals surface area contributed by atoms with Crippen molar-refractivity contribution in [2.75, 3.05) is 0 Å². The third-order valence-electron chi connectivity index (χ3n) is 22.0. The summed E-state index contributed by atoms with van der Waals surface area (Å²) < 4.78 is 81.1. The zero-order valence-corrected chi connectivity index (χ0v) is 97.5. The third-order valence-corrected chi connectivity index (χ3v) is 44.9. The fourth-order valence-electron chi connectivity index (χ4n) is 18.5. The molecular weight excluding hydrogens is 1890 g/mol. The number of carboxylic acid groups (broad SMARTS) is 3. The van der Waals surface area contributed by atoms with E-state index in [0.29, 0.717) is 58.7 Å². The van der Waals surface area contributed by atoms with Gasteiger partial charge in [0.15, 0.2) is 0 Å². The summed E-state index contributed by atoms with van der Waals surface area (Å²) >= 11 is 16.6. The van der Waals surface area contributed by atoms with Crippen LogP contribution in [0.5, 0.6) is 0 Å². The standard InChI is InChI=1S/C100H160O19S12/c1-49(108-82(13,14)15)95(50(2)109-83(16,17)18)120-67-61(79(101)102)68-74(127-96(121-68,51(3)110-84(19,20)21)52(4)111-85(22,23)24)64(73(67)126-95)94(107,65-75-69(122-97(128-75,53(5)112-86(25,26)27)54(6)113-87(28,29)30)62(80(103)104)70-76(65)129-98(123-70,55(7)114-88(31,32)33)56(8)115-89(34,35)36)66-77-71(124-99(130-77,57(9)116-90(37,38)39)58(10)117-91(40,41)42)63(81(105)106)72-78(66)131-100(125-72,59(11)118-92(43,44)45)60(12)119-93(46,47)48/h49-60,107H,1-48H3,(H,101,102)(H,103,104)(H,105,106). The number of fused-ring (bicyclic) bond motifs is 6. The summed E-state index contributed by atoms with van der Waals surface area (Å²) in [5.41, 5.74) is -12.1. The molecule has 12 unspecified atom stereocenters. The Morgan fingerprint density at radius 1 is 0.191 bits per heavy atom. The molecule has 131 heavy (non-hydrogen) atoms. The molecule has 0 aliphatic carbocycles. The minimum Gasteiger partial charge on any atom is -0.478 e. The molecule has 6 aliphatic heterocycles. The van der Waals surface area contributed by atoms with Crippen LogP contribution >= 0.6 is 141 Å². The van der Waals surface area contributed by atoms with Crippen LogP contribution in [-0.4, -0.2) is 203 Å². The molecule has 9 rings (SSSR count). The van der Waals surface area contributed by atoms with Crippen molar-refractivity contribution < 1.29 is 91.7 Å². The van der Waals surface area contributed by atoms with E-state index in [2.05, 4.69) is 0 Å².